The molecule has 0 saturated heterocycles. The first kappa shape index (κ1) is 16.5. The van der Waals surface area contributed by atoms with E-state index in [1.807, 2.05) is 16.3 Å². The molecule has 0 spiro atoms. The molecule has 0 N–H and O–H groups in total. The van der Waals surface area contributed by atoms with Crippen LogP contribution >= 0.6 is 11.3 Å². The summed E-state index contributed by atoms with van der Waals surface area (Å²) in [5, 5.41) is 2.04. The molecule has 2 aromatic rings. The lowest BCUT2D eigenvalue weighted by atomic mass is 10.1. The van der Waals surface area contributed by atoms with Crippen LogP contribution in [0.4, 0.5) is 0 Å². The maximum absolute atomic E-state index is 12.4. The van der Waals surface area contributed by atoms with Crippen LogP contribution in [0.15, 0.2) is 54.4 Å². The Morgan fingerprint density at radius 2 is 1.95 bits per heavy atom. The lowest BCUT2D eigenvalue weighted by molar-refractivity contribution is -0.131. The fraction of sp³-hybridized carbons (Fsp3) is 0.316. The largest absolute Gasteiger partial charge is 0.334 e. The molecular formula is C19H23NOS. The summed E-state index contributed by atoms with van der Waals surface area (Å²) < 4.78 is 0. The Kier molecular flexibility index (Phi) is 6.41. The SMILES string of the molecule is C=CCN(Cc1cccs1)C(=O)CCc1ccc(CC)cc1. The van der Waals surface area contributed by atoms with Crippen molar-refractivity contribution >= 4 is 17.2 Å². The number of amides is 1. The van der Waals surface area contributed by atoms with E-state index in [0.29, 0.717) is 19.5 Å². The molecule has 0 aliphatic carbocycles. The molecule has 116 valence electrons. The summed E-state index contributed by atoms with van der Waals surface area (Å²) in [7, 11) is 0. The first-order chi connectivity index (χ1) is 10.7. The Morgan fingerprint density at radius 3 is 2.55 bits per heavy atom. The fourth-order valence-electron chi connectivity index (χ4n) is 2.35. The van der Waals surface area contributed by atoms with E-state index in [2.05, 4.69) is 43.8 Å². The van der Waals surface area contributed by atoms with Gasteiger partial charge in [-0.2, -0.15) is 0 Å². The van der Waals surface area contributed by atoms with E-state index < -0.39 is 0 Å². The number of rotatable bonds is 8. The summed E-state index contributed by atoms with van der Waals surface area (Å²) in [5.74, 6) is 0.188. The predicted octanol–water partition coefficient (Wildman–Crippen LogP) is 4.46. The number of nitrogens with zero attached hydrogens (tertiary/aromatic N) is 1. The highest BCUT2D eigenvalue weighted by molar-refractivity contribution is 7.09. The van der Waals surface area contributed by atoms with Crippen LogP contribution < -0.4 is 0 Å². The standard InChI is InChI=1S/C19H23NOS/c1-3-13-20(15-18-6-5-14-22-18)19(21)12-11-17-9-7-16(4-2)8-10-17/h3,5-10,14H,1,4,11-13,15H2,2H3. The van der Waals surface area contributed by atoms with Crippen molar-refractivity contribution in [3.8, 4) is 0 Å². The maximum atomic E-state index is 12.4. The molecule has 2 rings (SSSR count). The minimum Gasteiger partial charge on any atom is -0.334 e. The molecule has 0 aliphatic heterocycles. The topological polar surface area (TPSA) is 20.3 Å². The number of hydrogen-bond donors (Lipinski definition) is 0. The summed E-state index contributed by atoms with van der Waals surface area (Å²) in [6.45, 7) is 7.19. The Hall–Kier alpha value is -1.87. The molecule has 3 heteroatoms. The highest BCUT2D eigenvalue weighted by Gasteiger charge is 2.13. The van der Waals surface area contributed by atoms with Crippen molar-refractivity contribution in [2.75, 3.05) is 6.54 Å². The van der Waals surface area contributed by atoms with Crippen molar-refractivity contribution < 1.29 is 4.79 Å². The normalized spacial score (nSPS) is 10.4. The highest BCUT2D eigenvalue weighted by Crippen LogP contribution is 2.14. The zero-order valence-corrected chi connectivity index (χ0v) is 13.9. The summed E-state index contributed by atoms with van der Waals surface area (Å²) in [4.78, 5) is 15.5. The smallest absolute Gasteiger partial charge is 0.223 e. The van der Waals surface area contributed by atoms with Crippen molar-refractivity contribution in [2.24, 2.45) is 0 Å². The van der Waals surface area contributed by atoms with Crippen LogP contribution in [0.5, 0.6) is 0 Å². The molecule has 1 aromatic heterocycles. The zero-order valence-electron chi connectivity index (χ0n) is 13.1. The third-order valence-electron chi connectivity index (χ3n) is 3.69. The van der Waals surface area contributed by atoms with Gasteiger partial charge in [-0.25, -0.2) is 0 Å². The molecule has 1 amide bonds. The van der Waals surface area contributed by atoms with Crippen molar-refractivity contribution in [3.63, 3.8) is 0 Å². The predicted molar refractivity (Wildman–Crippen MR) is 94.1 cm³/mol. The third kappa shape index (κ3) is 4.85. The second kappa shape index (κ2) is 8.54. The Labute approximate surface area is 137 Å². The van der Waals surface area contributed by atoms with Crippen molar-refractivity contribution in [1.82, 2.24) is 4.90 Å². The van der Waals surface area contributed by atoms with Gasteiger partial charge in [0.1, 0.15) is 0 Å². The fourth-order valence-corrected chi connectivity index (χ4v) is 3.07. The first-order valence-corrected chi connectivity index (χ1v) is 8.59. The molecule has 0 radical (unpaired) electrons. The van der Waals surface area contributed by atoms with Gasteiger partial charge in [0.15, 0.2) is 0 Å². The molecule has 1 aromatic carbocycles. The summed E-state index contributed by atoms with van der Waals surface area (Å²) in [6.07, 6.45) is 4.18. The van der Waals surface area contributed by atoms with E-state index in [9.17, 15) is 4.79 Å². The van der Waals surface area contributed by atoms with Gasteiger partial charge in [-0.15, -0.1) is 17.9 Å². The molecular weight excluding hydrogens is 290 g/mol. The zero-order chi connectivity index (χ0) is 15.8. The van der Waals surface area contributed by atoms with Crippen molar-refractivity contribution in [2.45, 2.75) is 32.7 Å². The molecule has 0 atom stereocenters. The molecule has 0 saturated carbocycles. The van der Waals surface area contributed by atoms with Gasteiger partial charge < -0.3 is 4.90 Å². The first-order valence-electron chi connectivity index (χ1n) is 7.71. The van der Waals surface area contributed by atoms with E-state index >= 15 is 0 Å². The lowest BCUT2D eigenvalue weighted by Crippen LogP contribution is -2.30. The Balaban J connectivity index is 1.90. The van der Waals surface area contributed by atoms with Gasteiger partial charge in [0.05, 0.1) is 6.54 Å². The van der Waals surface area contributed by atoms with Gasteiger partial charge in [0.2, 0.25) is 5.91 Å². The Morgan fingerprint density at radius 1 is 1.23 bits per heavy atom. The van der Waals surface area contributed by atoms with Gasteiger partial charge in [0, 0.05) is 17.8 Å². The van der Waals surface area contributed by atoms with E-state index in [0.717, 1.165) is 12.8 Å². The number of aryl methyl sites for hydroxylation is 2. The van der Waals surface area contributed by atoms with Crippen LogP contribution in [0.25, 0.3) is 0 Å². The average molecular weight is 313 g/mol. The maximum Gasteiger partial charge on any atom is 0.223 e. The monoisotopic (exact) mass is 313 g/mol. The van der Waals surface area contributed by atoms with E-state index in [-0.39, 0.29) is 5.91 Å². The van der Waals surface area contributed by atoms with E-state index in [1.54, 1.807) is 17.4 Å². The quantitative estimate of drug-likeness (QED) is 0.659. The Bertz CT molecular complexity index is 586. The van der Waals surface area contributed by atoms with Gasteiger partial charge >= 0.3 is 0 Å². The molecule has 1 heterocycles. The van der Waals surface area contributed by atoms with Crippen molar-refractivity contribution in [3.05, 3.63) is 70.4 Å². The number of hydrogen-bond acceptors (Lipinski definition) is 2. The molecule has 2 nitrogen and oxygen atoms in total. The highest BCUT2D eigenvalue weighted by atomic mass is 32.1. The molecule has 0 aliphatic rings. The number of carbonyl (C=O) groups is 1. The molecule has 0 bridgehead atoms. The van der Waals surface area contributed by atoms with Crippen LogP contribution in [-0.2, 0) is 24.2 Å². The van der Waals surface area contributed by atoms with Gasteiger partial charge in [0.25, 0.3) is 0 Å². The average Bonchev–Trinajstić information content (AvgIpc) is 3.06. The van der Waals surface area contributed by atoms with Crippen LogP contribution in [0.2, 0.25) is 0 Å². The van der Waals surface area contributed by atoms with Crippen LogP contribution in [0.3, 0.4) is 0 Å². The van der Waals surface area contributed by atoms with Crippen LogP contribution in [0, 0.1) is 0 Å². The second-order valence-corrected chi connectivity index (χ2v) is 6.34. The number of benzene rings is 1. The lowest BCUT2D eigenvalue weighted by Gasteiger charge is -2.20. The summed E-state index contributed by atoms with van der Waals surface area (Å²) in [5.41, 5.74) is 2.56. The summed E-state index contributed by atoms with van der Waals surface area (Å²) >= 11 is 1.68. The van der Waals surface area contributed by atoms with Gasteiger partial charge in [-0.3, -0.25) is 4.79 Å². The molecule has 0 unspecified atom stereocenters. The molecule has 0 fully saturated rings. The minimum atomic E-state index is 0.188. The van der Waals surface area contributed by atoms with Crippen LogP contribution in [-0.4, -0.2) is 17.4 Å². The second-order valence-electron chi connectivity index (χ2n) is 5.31. The number of thiophene rings is 1. The van der Waals surface area contributed by atoms with E-state index in [1.165, 1.54) is 16.0 Å². The molecule has 22 heavy (non-hydrogen) atoms. The van der Waals surface area contributed by atoms with Crippen molar-refractivity contribution in [1.29, 1.82) is 0 Å². The minimum absolute atomic E-state index is 0.188. The van der Waals surface area contributed by atoms with Gasteiger partial charge in [-0.1, -0.05) is 43.3 Å². The van der Waals surface area contributed by atoms with Crippen LogP contribution in [0.1, 0.15) is 29.3 Å². The number of carbonyl (C=O) groups excluding carboxylic acids is 1. The van der Waals surface area contributed by atoms with E-state index in [4.69, 9.17) is 0 Å². The summed E-state index contributed by atoms with van der Waals surface area (Å²) in [6, 6.07) is 12.6. The van der Waals surface area contributed by atoms with Gasteiger partial charge in [-0.05, 0) is 35.4 Å². The third-order valence-corrected chi connectivity index (χ3v) is 4.55.